The van der Waals surface area contributed by atoms with Crippen LogP contribution >= 0.6 is 0 Å². The molecular formula is C11H12N2O6. The van der Waals surface area contributed by atoms with Crippen LogP contribution in [0, 0.1) is 49.3 Å². The Hall–Kier alpha value is -1.73. The molecule has 4 aliphatic rings. The van der Waals surface area contributed by atoms with Crippen molar-refractivity contribution >= 4 is 5.97 Å². The SMILES string of the molecule is COC(=O)C12CC3C4C(C1C4(C)[N+](=O)[O-])C32[N+](=O)[O-]. The van der Waals surface area contributed by atoms with Gasteiger partial charge in [-0.05, 0) is 6.42 Å². The predicted molar refractivity (Wildman–Crippen MR) is 58.2 cm³/mol. The first-order valence-corrected chi connectivity index (χ1v) is 6.20. The highest BCUT2D eigenvalue weighted by molar-refractivity contribution is 5.86. The molecule has 0 radical (unpaired) electrons. The average molecular weight is 268 g/mol. The lowest BCUT2D eigenvalue weighted by atomic mass is 9.07. The van der Waals surface area contributed by atoms with Gasteiger partial charge in [0, 0.05) is 28.6 Å². The molecule has 19 heavy (non-hydrogen) atoms. The molecule has 0 N–H and O–H groups in total. The number of hydrogen-bond donors (Lipinski definition) is 0. The number of esters is 1. The van der Waals surface area contributed by atoms with E-state index in [-0.39, 0.29) is 27.6 Å². The van der Waals surface area contributed by atoms with Crippen LogP contribution in [0.1, 0.15) is 13.3 Å². The van der Waals surface area contributed by atoms with Gasteiger partial charge in [-0.25, -0.2) is 0 Å². The molecular weight excluding hydrogens is 256 g/mol. The van der Waals surface area contributed by atoms with E-state index in [4.69, 9.17) is 4.74 Å². The van der Waals surface area contributed by atoms with E-state index in [0.29, 0.717) is 6.42 Å². The monoisotopic (exact) mass is 268 g/mol. The fourth-order valence-electron chi connectivity index (χ4n) is 6.20. The summed E-state index contributed by atoms with van der Waals surface area (Å²) in [5, 5.41) is 22.7. The van der Waals surface area contributed by atoms with Gasteiger partial charge in [-0.3, -0.25) is 25.0 Å². The van der Waals surface area contributed by atoms with Crippen molar-refractivity contribution in [3.05, 3.63) is 20.2 Å². The maximum absolute atomic E-state index is 12.0. The minimum Gasteiger partial charge on any atom is -0.468 e. The maximum atomic E-state index is 12.0. The Balaban J connectivity index is 1.85. The van der Waals surface area contributed by atoms with Gasteiger partial charge in [-0.2, -0.15) is 0 Å². The van der Waals surface area contributed by atoms with Gasteiger partial charge in [0.15, 0.2) is 0 Å². The molecule has 0 aromatic heterocycles. The summed E-state index contributed by atoms with van der Waals surface area (Å²) in [7, 11) is 1.18. The van der Waals surface area contributed by atoms with Crippen LogP contribution in [0.2, 0.25) is 0 Å². The van der Waals surface area contributed by atoms with Gasteiger partial charge in [0.05, 0.1) is 18.9 Å². The Morgan fingerprint density at radius 2 is 1.89 bits per heavy atom. The van der Waals surface area contributed by atoms with Gasteiger partial charge in [0.2, 0.25) is 11.1 Å². The molecule has 7 unspecified atom stereocenters. The maximum Gasteiger partial charge on any atom is 0.319 e. The Bertz CT molecular complexity index is 570. The fraction of sp³-hybridized carbons (Fsp3) is 0.909. The van der Waals surface area contributed by atoms with Gasteiger partial charge >= 0.3 is 5.97 Å². The number of ether oxygens (including phenoxy) is 1. The number of fused-ring (bicyclic) bond motifs is 2. The second-order valence-electron chi connectivity index (χ2n) is 6.37. The molecule has 0 amide bonds. The molecule has 4 fully saturated rings. The van der Waals surface area contributed by atoms with E-state index in [0.717, 1.165) is 0 Å². The normalized spacial score (nSPS) is 58.4. The molecule has 0 aromatic rings. The van der Waals surface area contributed by atoms with E-state index >= 15 is 0 Å². The lowest BCUT2D eigenvalue weighted by Gasteiger charge is -2.89. The molecule has 4 aliphatic carbocycles. The summed E-state index contributed by atoms with van der Waals surface area (Å²) in [6, 6.07) is 0. The quantitative estimate of drug-likeness (QED) is 0.407. The summed E-state index contributed by atoms with van der Waals surface area (Å²) in [5.74, 6) is -2.08. The summed E-state index contributed by atoms with van der Waals surface area (Å²) in [5.41, 5.74) is -3.71. The zero-order valence-corrected chi connectivity index (χ0v) is 10.4. The first kappa shape index (κ1) is 11.1. The van der Waals surface area contributed by atoms with Gasteiger partial charge in [0.1, 0.15) is 5.41 Å². The van der Waals surface area contributed by atoms with Crippen molar-refractivity contribution in [1.82, 2.24) is 0 Å². The zero-order valence-electron chi connectivity index (χ0n) is 10.4. The van der Waals surface area contributed by atoms with Gasteiger partial charge < -0.3 is 4.74 Å². The van der Waals surface area contributed by atoms with Crippen molar-refractivity contribution in [2.45, 2.75) is 24.4 Å². The highest BCUT2D eigenvalue weighted by Gasteiger charge is 3.12. The van der Waals surface area contributed by atoms with E-state index in [1.54, 1.807) is 0 Å². The summed E-state index contributed by atoms with van der Waals surface area (Å²) < 4.78 is 4.73. The molecule has 0 saturated heterocycles. The van der Waals surface area contributed by atoms with Gasteiger partial charge in [0.25, 0.3) is 0 Å². The van der Waals surface area contributed by atoms with Crippen LogP contribution in [0.25, 0.3) is 0 Å². The van der Waals surface area contributed by atoms with Gasteiger partial charge in [-0.1, -0.05) is 0 Å². The highest BCUT2D eigenvalue weighted by Crippen LogP contribution is 2.95. The fourth-order valence-corrected chi connectivity index (χ4v) is 6.20. The van der Waals surface area contributed by atoms with Crippen LogP contribution < -0.4 is 0 Å². The molecule has 0 aromatic carbocycles. The minimum atomic E-state index is -1.26. The number of nitro groups is 2. The number of carbonyl (C=O) groups excluding carboxylic acids is 1. The number of carbonyl (C=O) groups is 1. The van der Waals surface area contributed by atoms with E-state index in [2.05, 4.69) is 0 Å². The standard InChI is InChI=1S/C11H12N2O6/c1-9(12(15)16)5-4-3-10(8(14)19-2)7(9)6(5)11(4,10)13(17)18/h4-7H,3H2,1-2H3. The van der Waals surface area contributed by atoms with Crippen molar-refractivity contribution in [1.29, 1.82) is 0 Å². The molecule has 4 rings (SSSR count). The summed E-state index contributed by atoms with van der Waals surface area (Å²) in [4.78, 5) is 34.0. The number of hydrogen-bond acceptors (Lipinski definition) is 6. The van der Waals surface area contributed by atoms with E-state index in [9.17, 15) is 25.0 Å². The third-order valence-corrected chi connectivity index (χ3v) is 6.59. The number of rotatable bonds is 3. The third kappa shape index (κ3) is 0.601. The van der Waals surface area contributed by atoms with Crippen molar-refractivity contribution in [3.63, 3.8) is 0 Å². The smallest absolute Gasteiger partial charge is 0.319 e. The lowest BCUT2D eigenvalue weighted by Crippen LogP contribution is -3.07. The molecule has 0 aliphatic heterocycles. The Morgan fingerprint density at radius 3 is 2.32 bits per heavy atom. The first-order chi connectivity index (χ1) is 8.82. The van der Waals surface area contributed by atoms with Crippen molar-refractivity contribution in [3.8, 4) is 0 Å². The summed E-state index contributed by atoms with van der Waals surface area (Å²) in [6.45, 7) is 1.52. The number of nitrogens with zero attached hydrogens (tertiary/aromatic N) is 2. The third-order valence-electron chi connectivity index (χ3n) is 6.59. The van der Waals surface area contributed by atoms with E-state index in [1.165, 1.54) is 14.0 Å². The van der Waals surface area contributed by atoms with Crippen molar-refractivity contribution < 1.29 is 19.4 Å². The molecule has 0 bridgehead atoms. The molecule has 8 nitrogen and oxygen atoms in total. The average Bonchev–Trinajstić information content (AvgIpc) is 2.35. The van der Waals surface area contributed by atoms with E-state index in [1.807, 2.05) is 0 Å². The van der Waals surface area contributed by atoms with Gasteiger partial charge in [-0.15, -0.1) is 0 Å². The molecule has 102 valence electrons. The summed E-state index contributed by atoms with van der Waals surface area (Å²) in [6.07, 6.45) is 0.371. The molecule has 7 atom stereocenters. The van der Waals surface area contributed by atoms with Crippen LogP contribution in [0.15, 0.2) is 0 Å². The van der Waals surface area contributed by atoms with Crippen LogP contribution in [0.5, 0.6) is 0 Å². The van der Waals surface area contributed by atoms with Crippen LogP contribution in [-0.2, 0) is 9.53 Å². The zero-order chi connectivity index (χ0) is 14.0. The first-order valence-electron chi connectivity index (χ1n) is 6.20. The minimum absolute atomic E-state index is 0.246. The topological polar surface area (TPSA) is 113 Å². The lowest BCUT2D eigenvalue weighted by molar-refractivity contribution is -0.786. The van der Waals surface area contributed by atoms with Crippen LogP contribution in [0.3, 0.4) is 0 Å². The highest BCUT2D eigenvalue weighted by atomic mass is 16.6. The predicted octanol–water partition coefficient (Wildman–Crippen LogP) is 0.106. The Labute approximate surface area is 107 Å². The van der Waals surface area contributed by atoms with E-state index < -0.39 is 28.4 Å². The molecule has 4 saturated carbocycles. The second kappa shape index (κ2) is 2.46. The Kier molecular flexibility index (Phi) is 1.44. The molecule has 8 heteroatoms. The summed E-state index contributed by atoms with van der Waals surface area (Å²) >= 11 is 0. The van der Waals surface area contributed by atoms with Crippen molar-refractivity contribution in [2.24, 2.45) is 29.1 Å². The Morgan fingerprint density at radius 1 is 1.26 bits per heavy atom. The number of methoxy groups -OCH3 is 1. The molecule has 0 heterocycles. The second-order valence-corrected chi connectivity index (χ2v) is 6.37. The largest absolute Gasteiger partial charge is 0.468 e. The van der Waals surface area contributed by atoms with Crippen LogP contribution in [0.4, 0.5) is 0 Å². The van der Waals surface area contributed by atoms with Crippen LogP contribution in [-0.4, -0.2) is 34.0 Å². The molecule has 0 spiro atoms. The van der Waals surface area contributed by atoms with Crippen molar-refractivity contribution in [2.75, 3.05) is 7.11 Å².